The van der Waals surface area contributed by atoms with Crippen LogP contribution in [0.25, 0.3) is 0 Å². The van der Waals surface area contributed by atoms with Gasteiger partial charge in [-0.15, -0.1) is 0 Å². The molecule has 1 atom stereocenters. The second-order valence-corrected chi connectivity index (χ2v) is 3.59. The molecular weight excluding hydrogens is 250 g/mol. The van der Waals surface area contributed by atoms with E-state index < -0.39 is 17.0 Å². The van der Waals surface area contributed by atoms with Gasteiger partial charge in [-0.1, -0.05) is 11.6 Å². The van der Waals surface area contributed by atoms with Crippen molar-refractivity contribution in [2.24, 2.45) is 0 Å². The average Bonchev–Trinajstić information content (AvgIpc) is 2.27. The standard InChI is InChI=1S/C10H10ClNO5/c1-6(10(13)16-2)17-9-5-7(11)3-4-8(9)12(14)15/h3-6H,1-2H3/t6-/m0/s1. The highest BCUT2D eigenvalue weighted by Gasteiger charge is 2.21. The van der Waals surface area contributed by atoms with Crippen molar-refractivity contribution in [2.75, 3.05) is 7.11 Å². The molecule has 0 saturated heterocycles. The molecule has 0 unspecified atom stereocenters. The van der Waals surface area contributed by atoms with Crippen molar-refractivity contribution in [3.63, 3.8) is 0 Å². The Morgan fingerprint density at radius 2 is 2.18 bits per heavy atom. The molecule has 0 aromatic heterocycles. The number of nitro groups is 1. The van der Waals surface area contributed by atoms with Crippen LogP contribution in [0.3, 0.4) is 0 Å². The third kappa shape index (κ3) is 3.32. The molecule has 0 heterocycles. The first-order valence-corrected chi connectivity index (χ1v) is 5.02. The van der Waals surface area contributed by atoms with Gasteiger partial charge in [0.1, 0.15) is 0 Å². The molecule has 0 spiro atoms. The van der Waals surface area contributed by atoms with E-state index in [-0.39, 0.29) is 16.5 Å². The predicted octanol–water partition coefficient (Wildman–Crippen LogP) is 2.19. The van der Waals surface area contributed by atoms with Crippen molar-refractivity contribution in [1.82, 2.24) is 0 Å². The number of halogens is 1. The van der Waals surface area contributed by atoms with Crippen LogP contribution in [-0.2, 0) is 9.53 Å². The summed E-state index contributed by atoms with van der Waals surface area (Å²) in [6.07, 6.45) is -0.947. The number of ether oxygens (including phenoxy) is 2. The van der Waals surface area contributed by atoms with E-state index in [1.807, 2.05) is 0 Å². The Bertz CT molecular complexity index is 448. The van der Waals surface area contributed by atoms with Gasteiger partial charge in [0.25, 0.3) is 0 Å². The smallest absolute Gasteiger partial charge is 0.346 e. The molecule has 1 rings (SSSR count). The number of hydrogen-bond donors (Lipinski definition) is 0. The second kappa shape index (κ2) is 5.49. The van der Waals surface area contributed by atoms with E-state index >= 15 is 0 Å². The normalized spacial score (nSPS) is 11.7. The highest BCUT2D eigenvalue weighted by molar-refractivity contribution is 6.30. The molecule has 92 valence electrons. The van der Waals surface area contributed by atoms with E-state index in [2.05, 4.69) is 4.74 Å². The SMILES string of the molecule is COC(=O)[C@H](C)Oc1cc(Cl)ccc1[N+](=O)[O-]. The lowest BCUT2D eigenvalue weighted by atomic mass is 10.3. The van der Waals surface area contributed by atoms with Crippen LogP contribution in [0.1, 0.15) is 6.92 Å². The summed E-state index contributed by atoms with van der Waals surface area (Å²) in [4.78, 5) is 21.2. The molecule has 0 aliphatic rings. The lowest BCUT2D eigenvalue weighted by Crippen LogP contribution is -2.25. The van der Waals surface area contributed by atoms with Gasteiger partial charge in [-0.3, -0.25) is 10.1 Å². The van der Waals surface area contributed by atoms with Gasteiger partial charge in [-0.2, -0.15) is 0 Å². The van der Waals surface area contributed by atoms with E-state index in [1.165, 1.54) is 32.2 Å². The molecule has 0 aliphatic carbocycles. The third-order valence-electron chi connectivity index (χ3n) is 1.96. The van der Waals surface area contributed by atoms with Crippen LogP contribution in [-0.4, -0.2) is 24.1 Å². The minimum Gasteiger partial charge on any atom is -0.472 e. The summed E-state index contributed by atoms with van der Waals surface area (Å²) in [6.45, 7) is 1.43. The number of benzene rings is 1. The van der Waals surface area contributed by atoms with Crippen LogP contribution in [0.4, 0.5) is 5.69 Å². The van der Waals surface area contributed by atoms with Crippen molar-refractivity contribution in [2.45, 2.75) is 13.0 Å². The molecule has 0 N–H and O–H groups in total. The Morgan fingerprint density at radius 1 is 1.53 bits per heavy atom. The number of methoxy groups -OCH3 is 1. The van der Waals surface area contributed by atoms with Crippen LogP contribution >= 0.6 is 11.6 Å². The Morgan fingerprint density at radius 3 is 2.71 bits per heavy atom. The molecule has 7 heteroatoms. The molecule has 0 amide bonds. The lowest BCUT2D eigenvalue weighted by molar-refractivity contribution is -0.386. The summed E-state index contributed by atoms with van der Waals surface area (Å²) in [5.74, 6) is -0.695. The van der Waals surface area contributed by atoms with E-state index in [4.69, 9.17) is 16.3 Å². The number of rotatable bonds is 4. The van der Waals surface area contributed by atoms with E-state index in [0.29, 0.717) is 0 Å². The van der Waals surface area contributed by atoms with E-state index in [9.17, 15) is 14.9 Å². The van der Waals surface area contributed by atoms with Gasteiger partial charge in [0.2, 0.25) is 0 Å². The number of nitro benzene ring substituents is 1. The minimum absolute atomic E-state index is 0.0691. The third-order valence-corrected chi connectivity index (χ3v) is 2.19. The maximum atomic E-state index is 11.1. The maximum absolute atomic E-state index is 11.1. The van der Waals surface area contributed by atoms with Gasteiger partial charge < -0.3 is 9.47 Å². The minimum atomic E-state index is -0.947. The molecule has 1 aromatic carbocycles. The molecule has 0 radical (unpaired) electrons. The van der Waals surface area contributed by atoms with Crippen LogP contribution < -0.4 is 4.74 Å². The fraction of sp³-hybridized carbons (Fsp3) is 0.300. The molecule has 0 bridgehead atoms. The Kier molecular flexibility index (Phi) is 4.28. The monoisotopic (exact) mass is 259 g/mol. The molecular formula is C10H10ClNO5. The summed E-state index contributed by atoms with van der Waals surface area (Å²) in [6, 6.07) is 3.86. The van der Waals surface area contributed by atoms with Crippen molar-refractivity contribution in [1.29, 1.82) is 0 Å². The molecule has 1 aromatic rings. The first-order valence-electron chi connectivity index (χ1n) is 4.64. The number of esters is 1. The van der Waals surface area contributed by atoms with Crippen LogP contribution in [0, 0.1) is 10.1 Å². The topological polar surface area (TPSA) is 78.7 Å². The largest absolute Gasteiger partial charge is 0.472 e. The zero-order valence-corrected chi connectivity index (χ0v) is 9.93. The average molecular weight is 260 g/mol. The predicted molar refractivity (Wildman–Crippen MR) is 60.2 cm³/mol. The number of carbonyl (C=O) groups is 1. The summed E-state index contributed by atoms with van der Waals surface area (Å²) in [7, 11) is 1.20. The van der Waals surface area contributed by atoms with Gasteiger partial charge >= 0.3 is 11.7 Å². The molecule has 0 fully saturated rings. The van der Waals surface area contributed by atoms with Crippen LogP contribution in [0.5, 0.6) is 5.75 Å². The van der Waals surface area contributed by atoms with E-state index in [1.54, 1.807) is 0 Å². The van der Waals surface area contributed by atoms with Gasteiger partial charge in [0, 0.05) is 17.2 Å². The zero-order chi connectivity index (χ0) is 13.0. The van der Waals surface area contributed by atoms with Gasteiger partial charge in [-0.25, -0.2) is 4.79 Å². The Hall–Kier alpha value is -1.82. The maximum Gasteiger partial charge on any atom is 0.346 e. The van der Waals surface area contributed by atoms with Gasteiger partial charge in [-0.05, 0) is 13.0 Å². The molecule has 17 heavy (non-hydrogen) atoms. The summed E-state index contributed by atoms with van der Waals surface area (Å²) >= 11 is 5.70. The first-order chi connectivity index (χ1) is 7.95. The quantitative estimate of drug-likeness (QED) is 0.470. The van der Waals surface area contributed by atoms with Gasteiger partial charge in [0.05, 0.1) is 12.0 Å². The van der Waals surface area contributed by atoms with Crippen molar-refractivity contribution in [3.8, 4) is 5.75 Å². The van der Waals surface area contributed by atoms with Crippen LogP contribution in [0.2, 0.25) is 5.02 Å². The highest BCUT2D eigenvalue weighted by atomic mass is 35.5. The molecule has 0 aliphatic heterocycles. The zero-order valence-electron chi connectivity index (χ0n) is 9.18. The van der Waals surface area contributed by atoms with E-state index in [0.717, 1.165) is 0 Å². The number of nitrogens with zero attached hydrogens (tertiary/aromatic N) is 1. The van der Waals surface area contributed by atoms with Crippen molar-refractivity contribution < 1.29 is 19.2 Å². The highest BCUT2D eigenvalue weighted by Crippen LogP contribution is 2.30. The number of carbonyl (C=O) groups excluding carboxylic acids is 1. The second-order valence-electron chi connectivity index (χ2n) is 3.15. The summed E-state index contributed by atoms with van der Waals surface area (Å²) in [5.41, 5.74) is -0.259. The number of hydrogen-bond acceptors (Lipinski definition) is 5. The lowest BCUT2D eigenvalue weighted by Gasteiger charge is -2.12. The molecule has 0 saturated carbocycles. The van der Waals surface area contributed by atoms with Gasteiger partial charge in [0.15, 0.2) is 11.9 Å². The van der Waals surface area contributed by atoms with Crippen molar-refractivity contribution >= 4 is 23.3 Å². The van der Waals surface area contributed by atoms with Crippen molar-refractivity contribution in [3.05, 3.63) is 33.3 Å². The Labute approximate surface area is 102 Å². The van der Waals surface area contributed by atoms with Crippen LogP contribution in [0.15, 0.2) is 18.2 Å². The first kappa shape index (κ1) is 13.2. The Balaban J connectivity index is 3.00. The molecule has 6 nitrogen and oxygen atoms in total. The fourth-order valence-corrected chi connectivity index (χ4v) is 1.30. The summed E-state index contributed by atoms with van der Waals surface area (Å²) in [5, 5.41) is 11.0. The summed E-state index contributed by atoms with van der Waals surface area (Å²) < 4.78 is 9.59. The fourth-order valence-electron chi connectivity index (χ4n) is 1.14.